The van der Waals surface area contributed by atoms with Gasteiger partial charge in [-0.15, -0.1) is 0 Å². The Kier molecular flexibility index (Phi) is 5.84. The van der Waals surface area contributed by atoms with Crippen LogP contribution in [0, 0.1) is 0 Å². The van der Waals surface area contributed by atoms with Crippen LogP contribution in [0.25, 0.3) is 33.3 Å². The van der Waals surface area contributed by atoms with Gasteiger partial charge in [0.05, 0.1) is 45.3 Å². The SMILES string of the molecule is CCCOc1ccc(S(=O)(=O)N2CCNCC2C)cc1-c1nc2cc3nc[nH]c3cc2c(=O)[nH]1. The fraction of sp³-hybridized carbons (Fsp3) is 0.348. The van der Waals surface area contributed by atoms with Crippen molar-refractivity contribution in [2.75, 3.05) is 26.2 Å². The topological polar surface area (TPSA) is 133 Å². The van der Waals surface area contributed by atoms with Crippen molar-refractivity contribution in [3.05, 3.63) is 47.0 Å². The number of hydrogen-bond acceptors (Lipinski definition) is 7. The summed E-state index contributed by atoms with van der Waals surface area (Å²) in [6.45, 7) is 5.87. The lowest BCUT2D eigenvalue weighted by Crippen LogP contribution is -2.52. The Morgan fingerprint density at radius 2 is 2.06 bits per heavy atom. The highest BCUT2D eigenvalue weighted by Crippen LogP contribution is 2.32. The quantitative estimate of drug-likeness (QED) is 0.384. The van der Waals surface area contributed by atoms with Crippen molar-refractivity contribution in [1.29, 1.82) is 0 Å². The summed E-state index contributed by atoms with van der Waals surface area (Å²) < 4.78 is 34.3. The molecule has 1 atom stereocenters. The van der Waals surface area contributed by atoms with Gasteiger partial charge in [0.25, 0.3) is 5.56 Å². The van der Waals surface area contributed by atoms with Crippen LogP contribution < -0.4 is 15.6 Å². The summed E-state index contributed by atoms with van der Waals surface area (Å²) >= 11 is 0. The number of sulfonamides is 1. The van der Waals surface area contributed by atoms with E-state index in [9.17, 15) is 13.2 Å². The number of rotatable bonds is 6. The van der Waals surface area contributed by atoms with Gasteiger partial charge in [-0.3, -0.25) is 4.79 Å². The predicted octanol–water partition coefficient (Wildman–Crippen LogP) is 2.24. The maximum absolute atomic E-state index is 13.5. The molecule has 0 spiro atoms. The third-order valence-corrected chi connectivity index (χ3v) is 7.97. The molecule has 178 valence electrons. The summed E-state index contributed by atoms with van der Waals surface area (Å²) in [4.78, 5) is 27.7. The maximum atomic E-state index is 13.5. The zero-order valence-corrected chi connectivity index (χ0v) is 19.8. The molecule has 10 nitrogen and oxygen atoms in total. The zero-order valence-electron chi connectivity index (χ0n) is 19.0. The zero-order chi connectivity index (χ0) is 23.9. The van der Waals surface area contributed by atoms with Crippen molar-refractivity contribution < 1.29 is 13.2 Å². The average molecular weight is 483 g/mol. The van der Waals surface area contributed by atoms with Gasteiger partial charge in [0, 0.05) is 25.7 Å². The highest BCUT2D eigenvalue weighted by Gasteiger charge is 2.31. The van der Waals surface area contributed by atoms with Gasteiger partial charge < -0.3 is 20.0 Å². The summed E-state index contributed by atoms with van der Waals surface area (Å²) in [5, 5.41) is 3.62. The monoisotopic (exact) mass is 482 g/mol. The van der Waals surface area contributed by atoms with Crippen molar-refractivity contribution in [1.82, 2.24) is 29.6 Å². The summed E-state index contributed by atoms with van der Waals surface area (Å²) in [6, 6.07) is 7.97. The molecular weight excluding hydrogens is 456 g/mol. The molecule has 0 amide bonds. The Hall–Kier alpha value is -3.28. The number of aromatic amines is 2. The molecule has 11 heteroatoms. The second-order valence-corrected chi connectivity index (χ2v) is 10.3. The first-order chi connectivity index (χ1) is 16.4. The summed E-state index contributed by atoms with van der Waals surface area (Å²) in [5.41, 5.74) is 1.96. The predicted molar refractivity (Wildman–Crippen MR) is 129 cm³/mol. The van der Waals surface area contributed by atoms with Crippen molar-refractivity contribution in [3.63, 3.8) is 0 Å². The molecule has 1 aliphatic rings. The smallest absolute Gasteiger partial charge is 0.259 e. The van der Waals surface area contributed by atoms with Gasteiger partial charge in [-0.1, -0.05) is 6.92 Å². The van der Waals surface area contributed by atoms with E-state index < -0.39 is 10.0 Å². The first-order valence-electron chi connectivity index (χ1n) is 11.3. The van der Waals surface area contributed by atoms with Gasteiger partial charge in [0.2, 0.25) is 10.0 Å². The number of fused-ring (bicyclic) bond motifs is 2. The Bertz CT molecular complexity index is 1530. The molecule has 3 N–H and O–H groups in total. The van der Waals surface area contributed by atoms with Crippen molar-refractivity contribution in [2.45, 2.75) is 31.2 Å². The number of ether oxygens (including phenoxy) is 1. The molecule has 2 aromatic heterocycles. The molecule has 3 heterocycles. The molecule has 34 heavy (non-hydrogen) atoms. The lowest BCUT2D eigenvalue weighted by atomic mass is 10.1. The molecule has 2 aromatic carbocycles. The lowest BCUT2D eigenvalue weighted by molar-refractivity contribution is 0.284. The van der Waals surface area contributed by atoms with E-state index in [1.165, 1.54) is 10.4 Å². The Balaban J connectivity index is 1.66. The molecule has 5 rings (SSSR count). The Morgan fingerprint density at radius 1 is 1.21 bits per heavy atom. The van der Waals surface area contributed by atoms with Crippen LogP contribution in [0.5, 0.6) is 5.75 Å². The van der Waals surface area contributed by atoms with Gasteiger partial charge in [-0.25, -0.2) is 18.4 Å². The largest absolute Gasteiger partial charge is 0.493 e. The minimum Gasteiger partial charge on any atom is -0.493 e. The maximum Gasteiger partial charge on any atom is 0.259 e. The Labute approximate surface area is 196 Å². The average Bonchev–Trinajstić information content (AvgIpc) is 3.29. The van der Waals surface area contributed by atoms with Crippen molar-refractivity contribution in [2.24, 2.45) is 0 Å². The van der Waals surface area contributed by atoms with Crippen LogP contribution in [0.3, 0.4) is 0 Å². The lowest BCUT2D eigenvalue weighted by Gasteiger charge is -2.33. The molecule has 0 bridgehead atoms. The van der Waals surface area contributed by atoms with E-state index in [0.717, 1.165) is 11.9 Å². The number of H-pyrrole nitrogens is 2. The van der Waals surface area contributed by atoms with E-state index in [0.29, 0.717) is 54.0 Å². The van der Waals surface area contributed by atoms with E-state index >= 15 is 0 Å². The van der Waals surface area contributed by atoms with E-state index in [2.05, 4.69) is 25.3 Å². The number of nitrogens with one attached hydrogen (secondary N) is 3. The normalized spacial score (nSPS) is 17.4. The third kappa shape index (κ3) is 3.95. The minimum absolute atomic E-state index is 0.130. The van der Waals surface area contributed by atoms with E-state index in [4.69, 9.17) is 4.74 Å². The molecule has 0 radical (unpaired) electrons. The Morgan fingerprint density at radius 3 is 2.85 bits per heavy atom. The molecule has 4 aromatic rings. The number of imidazole rings is 1. The van der Waals surface area contributed by atoms with E-state index in [-0.39, 0.29) is 22.3 Å². The van der Waals surface area contributed by atoms with Gasteiger partial charge in [0.1, 0.15) is 11.6 Å². The summed E-state index contributed by atoms with van der Waals surface area (Å²) in [5.74, 6) is 0.696. The molecular formula is C23H26N6O4S. The molecule has 1 saturated heterocycles. The second-order valence-electron chi connectivity index (χ2n) is 8.38. The number of hydrogen-bond donors (Lipinski definition) is 3. The van der Waals surface area contributed by atoms with Crippen LogP contribution in [-0.2, 0) is 10.0 Å². The highest BCUT2D eigenvalue weighted by atomic mass is 32.2. The molecule has 1 unspecified atom stereocenters. The number of nitrogens with zero attached hydrogens (tertiary/aromatic N) is 3. The molecule has 0 saturated carbocycles. The van der Waals surface area contributed by atoms with Crippen molar-refractivity contribution >= 4 is 32.0 Å². The van der Waals surface area contributed by atoms with Crippen molar-refractivity contribution in [3.8, 4) is 17.1 Å². The first kappa shape index (κ1) is 22.5. The number of benzene rings is 2. The number of piperazine rings is 1. The minimum atomic E-state index is -3.75. The fourth-order valence-electron chi connectivity index (χ4n) is 4.20. The molecule has 1 fully saturated rings. The molecule has 0 aliphatic carbocycles. The van der Waals surface area contributed by atoms with E-state index in [1.807, 2.05) is 13.8 Å². The number of aromatic nitrogens is 4. The summed E-state index contributed by atoms with van der Waals surface area (Å²) in [7, 11) is -3.75. The summed E-state index contributed by atoms with van der Waals surface area (Å²) in [6.07, 6.45) is 2.33. The van der Waals surface area contributed by atoms with Crippen LogP contribution in [0.4, 0.5) is 0 Å². The highest BCUT2D eigenvalue weighted by molar-refractivity contribution is 7.89. The van der Waals surface area contributed by atoms with Gasteiger partial charge in [-0.2, -0.15) is 4.31 Å². The standard InChI is InChI=1S/C23H26N6O4S/c1-3-8-33-21-5-4-15(34(31,32)29-7-6-24-12-14(29)2)9-17(21)22-27-18-11-20-19(25-13-26-20)10-16(18)23(30)28-22/h4-5,9-11,13-14,24H,3,6-8,12H2,1-2H3,(H,25,26)(H,27,28,30). The van der Waals surface area contributed by atoms with Gasteiger partial charge >= 0.3 is 0 Å². The fourth-order valence-corrected chi connectivity index (χ4v) is 5.86. The molecule has 1 aliphatic heterocycles. The van der Waals surface area contributed by atoms with Crippen LogP contribution in [0.15, 0.2) is 46.3 Å². The van der Waals surface area contributed by atoms with Gasteiger partial charge in [-0.05, 0) is 43.7 Å². The van der Waals surface area contributed by atoms with Crippen LogP contribution >= 0.6 is 0 Å². The van der Waals surface area contributed by atoms with Crippen LogP contribution in [0.2, 0.25) is 0 Å². The van der Waals surface area contributed by atoms with E-state index in [1.54, 1.807) is 30.6 Å². The second kappa shape index (κ2) is 8.82. The van der Waals surface area contributed by atoms with Crippen LogP contribution in [-0.4, -0.2) is 64.9 Å². The van der Waals surface area contributed by atoms with Crippen LogP contribution in [0.1, 0.15) is 20.3 Å². The first-order valence-corrected chi connectivity index (χ1v) is 12.7. The van der Waals surface area contributed by atoms with Gasteiger partial charge in [0.15, 0.2) is 0 Å². The third-order valence-electron chi connectivity index (χ3n) is 5.96.